The number of nitrogens with one attached hydrogen (secondary N) is 1. The van der Waals surface area contributed by atoms with Crippen molar-refractivity contribution in [3.63, 3.8) is 0 Å². The molecule has 1 fully saturated rings. The van der Waals surface area contributed by atoms with E-state index in [1.165, 1.54) is 5.56 Å². The molecule has 0 atom stereocenters. The molecule has 0 saturated heterocycles. The number of carbonyl (C=O) groups is 1. The first-order chi connectivity index (χ1) is 11.1. The van der Waals surface area contributed by atoms with Gasteiger partial charge in [-0.25, -0.2) is 0 Å². The second kappa shape index (κ2) is 8.12. The van der Waals surface area contributed by atoms with Gasteiger partial charge in [0.2, 0.25) is 5.91 Å². The maximum Gasteiger partial charge on any atom is 0.240 e. The largest absolute Gasteiger partial charge is 0.351 e. The van der Waals surface area contributed by atoms with E-state index in [1.54, 1.807) is 0 Å². The number of nitrogens with zero attached hydrogens (tertiary/aromatic N) is 2. The highest BCUT2D eigenvalue weighted by Crippen LogP contribution is 2.37. The summed E-state index contributed by atoms with van der Waals surface area (Å²) in [5.74, 6) is -0.102. The lowest BCUT2D eigenvalue weighted by atomic mass is 9.87. The van der Waals surface area contributed by atoms with Crippen molar-refractivity contribution in [2.45, 2.75) is 52.6 Å². The Kier molecular flexibility index (Phi) is 6.18. The summed E-state index contributed by atoms with van der Waals surface area (Å²) in [5.41, 5.74) is 1.58. The van der Waals surface area contributed by atoms with Gasteiger partial charge in [0.25, 0.3) is 0 Å². The van der Waals surface area contributed by atoms with E-state index in [-0.39, 0.29) is 5.91 Å². The van der Waals surface area contributed by atoms with Crippen LogP contribution in [0.2, 0.25) is 0 Å². The van der Waals surface area contributed by atoms with Crippen molar-refractivity contribution < 1.29 is 4.79 Å². The minimum atomic E-state index is -0.798. The third kappa shape index (κ3) is 4.11. The standard InChI is InChI=1S/C19H27N3O/c1-3-22(4-2)14-17-10-6-5-9-16(17)13-21-18(23)19(15-20)11-7-8-12-19/h5-6,9-10H,3-4,7-8,11-14H2,1-2H3,(H,21,23). The average Bonchev–Trinajstić information content (AvgIpc) is 3.08. The van der Waals surface area contributed by atoms with Crippen LogP contribution < -0.4 is 5.32 Å². The van der Waals surface area contributed by atoms with Crippen LogP contribution in [0, 0.1) is 16.7 Å². The maximum absolute atomic E-state index is 12.5. The summed E-state index contributed by atoms with van der Waals surface area (Å²) in [7, 11) is 0. The van der Waals surface area contributed by atoms with E-state index in [0.717, 1.165) is 38.0 Å². The zero-order valence-electron chi connectivity index (χ0n) is 14.3. The van der Waals surface area contributed by atoms with Gasteiger partial charge >= 0.3 is 0 Å². The van der Waals surface area contributed by atoms with Crippen molar-refractivity contribution in [3.05, 3.63) is 35.4 Å². The minimum Gasteiger partial charge on any atom is -0.351 e. The van der Waals surface area contributed by atoms with Crippen LogP contribution in [0.1, 0.15) is 50.7 Å². The van der Waals surface area contributed by atoms with Gasteiger partial charge in [0, 0.05) is 13.1 Å². The fourth-order valence-electron chi connectivity index (χ4n) is 3.29. The Bertz CT molecular complexity index is 566. The zero-order chi connectivity index (χ0) is 16.7. The third-order valence-corrected chi connectivity index (χ3v) is 4.95. The zero-order valence-corrected chi connectivity index (χ0v) is 14.3. The fraction of sp³-hybridized carbons (Fsp3) is 0.579. The van der Waals surface area contributed by atoms with Gasteiger partial charge in [-0.2, -0.15) is 5.26 Å². The van der Waals surface area contributed by atoms with Crippen molar-refractivity contribution in [2.24, 2.45) is 5.41 Å². The molecule has 1 amide bonds. The Morgan fingerprint density at radius 2 is 1.83 bits per heavy atom. The lowest BCUT2D eigenvalue weighted by Crippen LogP contribution is -2.38. The van der Waals surface area contributed by atoms with Crippen molar-refractivity contribution in [2.75, 3.05) is 13.1 Å². The van der Waals surface area contributed by atoms with Crippen LogP contribution in [0.4, 0.5) is 0 Å². The van der Waals surface area contributed by atoms with E-state index in [0.29, 0.717) is 19.4 Å². The molecular formula is C19H27N3O. The third-order valence-electron chi connectivity index (χ3n) is 4.95. The lowest BCUT2D eigenvalue weighted by Gasteiger charge is -2.22. The van der Waals surface area contributed by atoms with Crippen LogP contribution >= 0.6 is 0 Å². The molecule has 0 aromatic heterocycles. The highest BCUT2D eigenvalue weighted by atomic mass is 16.2. The SMILES string of the molecule is CCN(CC)Cc1ccccc1CNC(=O)C1(C#N)CCCC1. The summed E-state index contributed by atoms with van der Waals surface area (Å²) in [6, 6.07) is 10.5. The molecule has 0 spiro atoms. The van der Waals surface area contributed by atoms with E-state index < -0.39 is 5.41 Å². The Hall–Kier alpha value is -1.86. The first kappa shape index (κ1) is 17.5. The molecular weight excluding hydrogens is 286 g/mol. The Morgan fingerprint density at radius 3 is 2.39 bits per heavy atom. The van der Waals surface area contributed by atoms with Gasteiger partial charge in [-0.15, -0.1) is 0 Å². The van der Waals surface area contributed by atoms with Crippen LogP contribution in [0.15, 0.2) is 24.3 Å². The van der Waals surface area contributed by atoms with Crippen molar-refractivity contribution >= 4 is 5.91 Å². The second-order valence-corrected chi connectivity index (χ2v) is 6.31. The first-order valence-electron chi connectivity index (χ1n) is 8.64. The van der Waals surface area contributed by atoms with Gasteiger partial charge in [-0.05, 0) is 37.1 Å². The summed E-state index contributed by atoms with van der Waals surface area (Å²) in [6.07, 6.45) is 3.33. The molecule has 1 saturated carbocycles. The Morgan fingerprint density at radius 1 is 1.22 bits per heavy atom. The summed E-state index contributed by atoms with van der Waals surface area (Å²) < 4.78 is 0. The quantitative estimate of drug-likeness (QED) is 0.841. The normalized spacial score (nSPS) is 16.3. The smallest absolute Gasteiger partial charge is 0.240 e. The summed E-state index contributed by atoms with van der Waals surface area (Å²) in [5, 5.41) is 12.4. The van der Waals surface area contributed by atoms with Gasteiger partial charge in [0.15, 0.2) is 0 Å². The number of hydrogen-bond donors (Lipinski definition) is 1. The summed E-state index contributed by atoms with van der Waals surface area (Å²) in [4.78, 5) is 14.8. The predicted octanol–water partition coefficient (Wildman–Crippen LogP) is 3.23. The van der Waals surface area contributed by atoms with Crippen LogP contribution in [0.5, 0.6) is 0 Å². The molecule has 1 aromatic carbocycles. The minimum absolute atomic E-state index is 0.102. The van der Waals surface area contributed by atoms with E-state index in [1.807, 2.05) is 12.1 Å². The fourth-order valence-corrected chi connectivity index (χ4v) is 3.29. The van der Waals surface area contributed by atoms with Crippen LogP contribution in [0.25, 0.3) is 0 Å². The monoisotopic (exact) mass is 313 g/mol. The molecule has 4 heteroatoms. The highest BCUT2D eigenvalue weighted by Gasteiger charge is 2.41. The number of benzene rings is 1. The molecule has 1 aliphatic carbocycles. The predicted molar refractivity (Wildman–Crippen MR) is 91.4 cm³/mol. The maximum atomic E-state index is 12.5. The number of nitriles is 1. The molecule has 0 radical (unpaired) electrons. The lowest BCUT2D eigenvalue weighted by molar-refractivity contribution is -0.128. The van der Waals surface area contributed by atoms with E-state index in [9.17, 15) is 10.1 Å². The molecule has 124 valence electrons. The topological polar surface area (TPSA) is 56.1 Å². The number of rotatable bonds is 7. The van der Waals surface area contributed by atoms with E-state index in [2.05, 4.69) is 42.3 Å². The van der Waals surface area contributed by atoms with E-state index in [4.69, 9.17) is 0 Å². The van der Waals surface area contributed by atoms with Gasteiger partial charge in [0.05, 0.1) is 6.07 Å². The molecule has 1 N–H and O–H groups in total. The van der Waals surface area contributed by atoms with Crippen LogP contribution in [0.3, 0.4) is 0 Å². The van der Waals surface area contributed by atoms with Gasteiger partial charge in [0.1, 0.15) is 5.41 Å². The number of carbonyl (C=O) groups excluding carboxylic acids is 1. The number of amides is 1. The molecule has 2 rings (SSSR count). The Balaban J connectivity index is 2.03. The number of hydrogen-bond acceptors (Lipinski definition) is 3. The molecule has 0 heterocycles. The van der Waals surface area contributed by atoms with Crippen molar-refractivity contribution in [1.29, 1.82) is 5.26 Å². The van der Waals surface area contributed by atoms with Crippen molar-refractivity contribution in [3.8, 4) is 6.07 Å². The van der Waals surface area contributed by atoms with E-state index >= 15 is 0 Å². The molecule has 0 aliphatic heterocycles. The average molecular weight is 313 g/mol. The highest BCUT2D eigenvalue weighted by molar-refractivity contribution is 5.85. The second-order valence-electron chi connectivity index (χ2n) is 6.31. The molecule has 0 bridgehead atoms. The Labute approximate surface area is 139 Å². The molecule has 0 unspecified atom stereocenters. The van der Waals surface area contributed by atoms with Gasteiger partial charge in [-0.3, -0.25) is 9.69 Å². The van der Waals surface area contributed by atoms with Gasteiger partial charge in [-0.1, -0.05) is 51.0 Å². The van der Waals surface area contributed by atoms with Crippen LogP contribution in [-0.2, 0) is 17.9 Å². The van der Waals surface area contributed by atoms with Gasteiger partial charge < -0.3 is 5.32 Å². The van der Waals surface area contributed by atoms with Crippen molar-refractivity contribution in [1.82, 2.24) is 10.2 Å². The molecule has 1 aliphatic rings. The first-order valence-corrected chi connectivity index (χ1v) is 8.64. The van der Waals surface area contributed by atoms with Crippen LogP contribution in [-0.4, -0.2) is 23.9 Å². The molecule has 4 nitrogen and oxygen atoms in total. The molecule has 1 aromatic rings. The summed E-state index contributed by atoms with van der Waals surface area (Å²) >= 11 is 0. The molecule has 23 heavy (non-hydrogen) atoms. The summed E-state index contributed by atoms with van der Waals surface area (Å²) in [6.45, 7) is 7.72.